The average molecular weight is 403 g/mol. The highest BCUT2D eigenvalue weighted by molar-refractivity contribution is 7.89. The van der Waals surface area contributed by atoms with E-state index in [1.807, 2.05) is 26.0 Å². The van der Waals surface area contributed by atoms with Crippen LogP contribution in [-0.4, -0.2) is 43.2 Å². The van der Waals surface area contributed by atoms with E-state index in [4.69, 9.17) is 4.74 Å². The molecule has 1 aliphatic heterocycles. The zero-order valence-electron chi connectivity index (χ0n) is 16.6. The first-order valence-electron chi connectivity index (χ1n) is 9.33. The van der Waals surface area contributed by atoms with E-state index >= 15 is 0 Å². The number of carbonyl (C=O) groups is 1. The van der Waals surface area contributed by atoms with Crippen molar-refractivity contribution >= 4 is 15.9 Å². The molecule has 3 rings (SSSR count). The Hall–Kier alpha value is -2.38. The van der Waals surface area contributed by atoms with Crippen LogP contribution in [0.2, 0.25) is 0 Å². The molecule has 0 aliphatic carbocycles. The number of methoxy groups -OCH3 is 1. The minimum absolute atomic E-state index is 0.0741. The number of hydrogen-bond donors (Lipinski definition) is 0. The topological polar surface area (TPSA) is 66.9 Å². The molecule has 0 spiro atoms. The maximum Gasteiger partial charge on any atom is 0.245 e. The van der Waals surface area contributed by atoms with Gasteiger partial charge in [-0.25, -0.2) is 8.42 Å². The van der Waals surface area contributed by atoms with Crippen molar-refractivity contribution in [3.8, 4) is 5.75 Å². The predicted octanol–water partition coefficient (Wildman–Crippen LogP) is 3.33. The molecule has 0 bridgehead atoms. The van der Waals surface area contributed by atoms with Crippen molar-refractivity contribution in [3.63, 3.8) is 0 Å². The fraction of sp³-hybridized carbons (Fsp3) is 0.381. The Morgan fingerprint density at radius 1 is 1.11 bits per heavy atom. The summed E-state index contributed by atoms with van der Waals surface area (Å²) in [5.41, 5.74) is 1.73. The summed E-state index contributed by atoms with van der Waals surface area (Å²) < 4.78 is 33.5. The van der Waals surface area contributed by atoms with E-state index in [0.29, 0.717) is 12.2 Å². The summed E-state index contributed by atoms with van der Waals surface area (Å²) >= 11 is 0. The van der Waals surface area contributed by atoms with Gasteiger partial charge in [0.1, 0.15) is 11.9 Å². The predicted molar refractivity (Wildman–Crippen MR) is 107 cm³/mol. The molecule has 150 valence electrons. The lowest BCUT2D eigenvalue weighted by molar-refractivity contribution is -0.134. The fourth-order valence-corrected chi connectivity index (χ4v) is 5.22. The van der Waals surface area contributed by atoms with Gasteiger partial charge in [0.2, 0.25) is 15.9 Å². The molecular formula is C21H26N2O4S. The summed E-state index contributed by atoms with van der Waals surface area (Å²) in [7, 11) is -2.19. The Kier molecular flexibility index (Phi) is 5.76. The molecule has 2 aromatic rings. The number of ether oxygens (including phenoxy) is 1. The van der Waals surface area contributed by atoms with E-state index in [0.717, 1.165) is 11.1 Å². The lowest BCUT2D eigenvalue weighted by Gasteiger charge is -2.31. The molecule has 6 nitrogen and oxygen atoms in total. The largest absolute Gasteiger partial charge is 0.497 e. The fourth-order valence-electron chi connectivity index (χ4n) is 3.57. The molecule has 1 aliphatic rings. The van der Waals surface area contributed by atoms with Gasteiger partial charge in [-0.05, 0) is 43.7 Å². The summed E-state index contributed by atoms with van der Waals surface area (Å²) in [6.07, 6.45) is -0.366. The van der Waals surface area contributed by atoms with E-state index in [1.165, 1.54) is 4.31 Å². The Labute approximate surface area is 166 Å². The Bertz CT molecular complexity index is 939. The zero-order chi connectivity index (χ0) is 20.5. The van der Waals surface area contributed by atoms with E-state index in [1.54, 1.807) is 55.3 Å². The highest BCUT2D eigenvalue weighted by atomic mass is 32.2. The molecule has 1 amide bonds. The van der Waals surface area contributed by atoms with Crippen LogP contribution >= 0.6 is 0 Å². The number of hydrogen-bond acceptors (Lipinski definition) is 4. The molecule has 1 fully saturated rings. The van der Waals surface area contributed by atoms with Gasteiger partial charge >= 0.3 is 0 Å². The van der Waals surface area contributed by atoms with E-state index in [-0.39, 0.29) is 23.4 Å². The van der Waals surface area contributed by atoms with Crippen molar-refractivity contribution in [2.75, 3.05) is 13.7 Å². The molecule has 0 N–H and O–H groups in total. The smallest absolute Gasteiger partial charge is 0.245 e. The second kappa shape index (κ2) is 7.93. The van der Waals surface area contributed by atoms with Gasteiger partial charge in [0.25, 0.3) is 0 Å². The number of carbonyl (C=O) groups excluding carboxylic acids is 1. The average Bonchev–Trinajstić information content (AvgIpc) is 3.05. The van der Waals surface area contributed by atoms with E-state index in [2.05, 4.69) is 0 Å². The number of amides is 1. The summed E-state index contributed by atoms with van der Waals surface area (Å²) in [5, 5.41) is 0. The summed E-state index contributed by atoms with van der Waals surface area (Å²) in [6.45, 7) is 5.83. The van der Waals surface area contributed by atoms with Crippen LogP contribution in [0.5, 0.6) is 5.75 Å². The molecule has 2 aromatic carbocycles. The molecule has 0 radical (unpaired) electrons. The quantitative estimate of drug-likeness (QED) is 0.769. The van der Waals surface area contributed by atoms with Gasteiger partial charge in [0.15, 0.2) is 0 Å². The lowest BCUT2D eigenvalue weighted by atomic mass is 10.1. The van der Waals surface area contributed by atoms with Crippen LogP contribution < -0.4 is 4.74 Å². The minimum atomic E-state index is -3.77. The molecule has 1 heterocycles. The van der Waals surface area contributed by atoms with Crippen molar-refractivity contribution in [3.05, 3.63) is 59.7 Å². The third-order valence-corrected chi connectivity index (χ3v) is 6.92. The standard InChI is InChI=1S/C21H26N2O4S/c1-5-20(24)23-16(3)14-22(21(23)17-8-10-18(27-4)11-9-17)28(25,26)19-12-6-15(2)7-13-19/h6-13,16,21H,5,14H2,1-4H3/t16-,21+/m1/s1. The molecule has 0 unspecified atom stereocenters. The van der Waals surface area contributed by atoms with Crippen molar-refractivity contribution < 1.29 is 17.9 Å². The molecule has 0 saturated carbocycles. The van der Waals surface area contributed by atoms with Crippen molar-refractivity contribution in [1.29, 1.82) is 0 Å². The van der Waals surface area contributed by atoms with Crippen LogP contribution in [0.1, 0.15) is 37.6 Å². The molecule has 0 aromatic heterocycles. The lowest BCUT2D eigenvalue weighted by Crippen LogP contribution is -2.39. The van der Waals surface area contributed by atoms with Crippen LogP contribution in [0.25, 0.3) is 0 Å². The molecule has 28 heavy (non-hydrogen) atoms. The highest BCUT2D eigenvalue weighted by Gasteiger charge is 2.46. The van der Waals surface area contributed by atoms with E-state index in [9.17, 15) is 13.2 Å². The molecule has 7 heteroatoms. The van der Waals surface area contributed by atoms with Crippen LogP contribution in [-0.2, 0) is 14.8 Å². The Balaban J connectivity index is 2.09. The van der Waals surface area contributed by atoms with Gasteiger partial charge in [0.05, 0.1) is 12.0 Å². The number of sulfonamides is 1. The van der Waals surface area contributed by atoms with Crippen molar-refractivity contribution in [2.45, 2.75) is 44.3 Å². The first kappa shape index (κ1) is 20.4. The SMILES string of the molecule is CCC(=O)N1[C@H](C)CN(S(=O)(=O)c2ccc(C)cc2)[C@@H]1c1ccc(OC)cc1. The normalized spacial score (nSPS) is 20.4. The third-order valence-electron chi connectivity index (χ3n) is 5.09. The number of aryl methyl sites for hydroxylation is 1. The third kappa shape index (κ3) is 3.64. The van der Waals surface area contributed by atoms with Crippen LogP contribution in [0.3, 0.4) is 0 Å². The van der Waals surface area contributed by atoms with Gasteiger partial charge < -0.3 is 9.64 Å². The monoisotopic (exact) mass is 402 g/mol. The summed E-state index contributed by atoms with van der Waals surface area (Å²) in [5.74, 6) is 0.603. The number of nitrogens with zero attached hydrogens (tertiary/aromatic N) is 2. The Morgan fingerprint density at radius 2 is 1.71 bits per heavy atom. The summed E-state index contributed by atoms with van der Waals surface area (Å²) in [4.78, 5) is 14.6. The number of rotatable bonds is 5. The highest BCUT2D eigenvalue weighted by Crippen LogP contribution is 2.38. The minimum Gasteiger partial charge on any atom is -0.497 e. The second-order valence-electron chi connectivity index (χ2n) is 7.04. The second-order valence-corrected chi connectivity index (χ2v) is 8.93. The molecule has 2 atom stereocenters. The van der Waals surface area contributed by atoms with Gasteiger partial charge in [-0.3, -0.25) is 4.79 Å². The van der Waals surface area contributed by atoms with Crippen LogP contribution in [0, 0.1) is 6.92 Å². The first-order valence-corrected chi connectivity index (χ1v) is 10.8. The Morgan fingerprint density at radius 3 is 2.25 bits per heavy atom. The van der Waals surface area contributed by atoms with Crippen molar-refractivity contribution in [2.24, 2.45) is 0 Å². The maximum absolute atomic E-state index is 13.4. The summed E-state index contributed by atoms with van der Waals surface area (Å²) in [6, 6.07) is 13.8. The molecular weight excluding hydrogens is 376 g/mol. The van der Waals surface area contributed by atoms with E-state index < -0.39 is 16.2 Å². The molecule has 1 saturated heterocycles. The maximum atomic E-state index is 13.4. The zero-order valence-corrected chi connectivity index (χ0v) is 17.4. The van der Waals surface area contributed by atoms with Gasteiger partial charge in [0, 0.05) is 19.0 Å². The number of benzene rings is 2. The first-order chi connectivity index (χ1) is 13.3. The van der Waals surface area contributed by atoms with Gasteiger partial charge in [-0.2, -0.15) is 4.31 Å². The van der Waals surface area contributed by atoms with Crippen LogP contribution in [0.4, 0.5) is 0 Å². The van der Waals surface area contributed by atoms with Gasteiger partial charge in [-0.1, -0.05) is 36.8 Å². The van der Waals surface area contributed by atoms with Crippen LogP contribution in [0.15, 0.2) is 53.4 Å². The van der Waals surface area contributed by atoms with Crippen molar-refractivity contribution in [1.82, 2.24) is 9.21 Å². The van der Waals surface area contributed by atoms with Gasteiger partial charge in [-0.15, -0.1) is 0 Å².